The maximum atomic E-state index is 12.0. The van der Waals surface area contributed by atoms with Crippen LogP contribution in [0.25, 0.3) is 0 Å². The Morgan fingerprint density at radius 2 is 2.22 bits per heavy atom. The highest BCUT2D eigenvalue weighted by atomic mass is 79.9. The van der Waals surface area contributed by atoms with Gasteiger partial charge in [-0.2, -0.15) is 5.26 Å². The zero-order valence-electron chi connectivity index (χ0n) is 8.91. The second kappa shape index (κ2) is 5.53. The van der Waals surface area contributed by atoms with Crippen molar-refractivity contribution in [3.05, 3.63) is 49.6 Å². The standard InChI is InChI=1S/C12H6BrClN2OS/c13-8-3-4-18-11(8)12(17)16-10-5-7(6-15)1-2-9(10)14/h1-5H,(H,16,17). The van der Waals surface area contributed by atoms with Gasteiger partial charge in [-0.1, -0.05) is 11.6 Å². The molecule has 0 aliphatic carbocycles. The summed E-state index contributed by atoms with van der Waals surface area (Å²) in [7, 11) is 0. The predicted molar refractivity (Wildman–Crippen MR) is 76.1 cm³/mol. The fourth-order valence-corrected chi connectivity index (χ4v) is 2.94. The number of carbonyl (C=O) groups excluding carboxylic acids is 1. The smallest absolute Gasteiger partial charge is 0.266 e. The molecule has 1 aromatic carbocycles. The number of rotatable bonds is 2. The first kappa shape index (κ1) is 13.1. The summed E-state index contributed by atoms with van der Waals surface area (Å²) in [6, 6.07) is 8.52. The molecule has 0 unspecified atom stereocenters. The summed E-state index contributed by atoms with van der Waals surface area (Å²) in [5.74, 6) is -0.256. The summed E-state index contributed by atoms with van der Waals surface area (Å²) in [4.78, 5) is 12.5. The molecule has 2 rings (SSSR count). The van der Waals surface area contributed by atoms with Crippen LogP contribution in [0.5, 0.6) is 0 Å². The molecule has 0 saturated carbocycles. The van der Waals surface area contributed by atoms with Gasteiger partial charge in [-0.3, -0.25) is 4.79 Å². The number of benzene rings is 1. The van der Waals surface area contributed by atoms with Gasteiger partial charge in [-0.15, -0.1) is 11.3 Å². The minimum Gasteiger partial charge on any atom is -0.320 e. The van der Waals surface area contributed by atoms with Gasteiger partial charge in [0.2, 0.25) is 0 Å². The van der Waals surface area contributed by atoms with Crippen molar-refractivity contribution in [1.29, 1.82) is 5.26 Å². The van der Waals surface area contributed by atoms with E-state index in [4.69, 9.17) is 16.9 Å². The first-order chi connectivity index (χ1) is 8.61. The summed E-state index contributed by atoms with van der Waals surface area (Å²) >= 11 is 10.6. The van der Waals surface area contributed by atoms with Crippen molar-refractivity contribution in [2.24, 2.45) is 0 Å². The van der Waals surface area contributed by atoms with E-state index in [0.717, 1.165) is 4.47 Å². The summed E-state index contributed by atoms with van der Waals surface area (Å²) in [6.07, 6.45) is 0. The molecule has 0 aliphatic heterocycles. The van der Waals surface area contributed by atoms with Gasteiger partial charge in [0, 0.05) is 4.47 Å². The second-order valence-corrected chi connectivity index (χ2v) is 5.54. The van der Waals surface area contributed by atoms with E-state index >= 15 is 0 Å². The Labute approximate surface area is 121 Å². The number of hydrogen-bond donors (Lipinski definition) is 1. The molecule has 0 bridgehead atoms. The molecular formula is C12H6BrClN2OS. The minimum absolute atomic E-state index is 0.256. The highest BCUT2D eigenvalue weighted by Gasteiger charge is 2.13. The van der Waals surface area contributed by atoms with E-state index in [2.05, 4.69) is 21.2 Å². The summed E-state index contributed by atoms with van der Waals surface area (Å²) in [6.45, 7) is 0. The SMILES string of the molecule is N#Cc1ccc(Cl)c(NC(=O)c2sccc2Br)c1. The van der Waals surface area contributed by atoms with Gasteiger partial charge in [0.05, 0.1) is 22.3 Å². The second-order valence-electron chi connectivity index (χ2n) is 3.36. The molecule has 3 nitrogen and oxygen atoms in total. The number of hydrogen-bond acceptors (Lipinski definition) is 3. The lowest BCUT2D eigenvalue weighted by Gasteiger charge is -2.06. The molecule has 18 heavy (non-hydrogen) atoms. The van der Waals surface area contributed by atoms with Crippen molar-refractivity contribution in [3.8, 4) is 6.07 Å². The van der Waals surface area contributed by atoms with E-state index in [1.807, 2.05) is 11.4 Å². The van der Waals surface area contributed by atoms with Gasteiger partial charge in [0.25, 0.3) is 5.91 Å². The summed E-state index contributed by atoms with van der Waals surface area (Å²) in [5, 5.41) is 13.7. The normalized spacial score (nSPS) is 9.83. The highest BCUT2D eigenvalue weighted by Crippen LogP contribution is 2.27. The molecule has 1 amide bonds. The monoisotopic (exact) mass is 340 g/mol. The number of nitrogens with zero attached hydrogens (tertiary/aromatic N) is 1. The van der Waals surface area contributed by atoms with Crippen LogP contribution in [0, 0.1) is 11.3 Å². The van der Waals surface area contributed by atoms with E-state index in [1.54, 1.807) is 24.3 Å². The van der Waals surface area contributed by atoms with Crippen molar-refractivity contribution >= 4 is 50.5 Å². The van der Waals surface area contributed by atoms with Crippen molar-refractivity contribution in [2.75, 3.05) is 5.32 Å². The number of nitrogens with one attached hydrogen (secondary N) is 1. The van der Waals surface area contributed by atoms with Gasteiger partial charge in [0.1, 0.15) is 4.88 Å². The lowest BCUT2D eigenvalue weighted by molar-refractivity contribution is 0.103. The van der Waals surface area contributed by atoms with E-state index in [9.17, 15) is 4.79 Å². The first-order valence-electron chi connectivity index (χ1n) is 4.86. The number of anilines is 1. The van der Waals surface area contributed by atoms with Crippen LogP contribution in [0.3, 0.4) is 0 Å². The van der Waals surface area contributed by atoms with Gasteiger partial charge in [0.15, 0.2) is 0 Å². The van der Waals surface area contributed by atoms with Crippen LogP contribution in [-0.2, 0) is 0 Å². The summed E-state index contributed by atoms with van der Waals surface area (Å²) < 4.78 is 0.734. The van der Waals surface area contributed by atoms with Crippen LogP contribution >= 0.6 is 38.9 Å². The molecule has 0 atom stereocenters. The molecule has 0 fully saturated rings. The van der Waals surface area contributed by atoms with Gasteiger partial charge < -0.3 is 5.32 Å². The Balaban J connectivity index is 2.27. The fraction of sp³-hybridized carbons (Fsp3) is 0. The lowest BCUT2D eigenvalue weighted by atomic mass is 10.2. The highest BCUT2D eigenvalue weighted by molar-refractivity contribution is 9.10. The number of amides is 1. The largest absolute Gasteiger partial charge is 0.320 e. The molecular weight excluding hydrogens is 336 g/mol. The number of halogens is 2. The number of thiophene rings is 1. The van der Waals surface area contributed by atoms with E-state index in [1.165, 1.54) is 11.3 Å². The van der Waals surface area contributed by atoms with Gasteiger partial charge >= 0.3 is 0 Å². The van der Waals surface area contributed by atoms with Crippen LogP contribution in [0.2, 0.25) is 5.02 Å². The zero-order chi connectivity index (χ0) is 13.1. The molecule has 0 saturated heterocycles. The topological polar surface area (TPSA) is 52.9 Å². The van der Waals surface area contributed by atoms with Gasteiger partial charge in [-0.25, -0.2) is 0 Å². The van der Waals surface area contributed by atoms with E-state index in [-0.39, 0.29) is 5.91 Å². The zero-order valence-corrected chi connectivity index (χ0v) is 12.1. The molecule has 1 N–H and O–H groups in total. The molecule has 1 aromatic heterocycles. The van der Waals surface area contributed by atoms with Gasteiger partial charge in [-0.05, 0) is 45.6 Å². The summed E-state index contributed by atoms with van der Waals surface area (Å²) in [5.41, 5.74) is 0.876. The van der Waals surface area contributed by atoms with Crippen LogP contribution in [0.4, 0.5) is 5.69 Å². The third-order valence-electron chi connectivity index (χ3n) is 2.17. The van der Waals surface area contributed by atoms with E-state index < -0.39 is 0 Å². The average Bonchev–Trinajstić information content (AvgIpc) is 2.78. The third-order valence-corrected chi connectivity index (χ3v) is 4.33. The predicted octanol–water partition coefficient (Wildman–Crippen LogP) is 4.29. The Kier molecular flexibility index (Phi) is 4.02. The Hall–Kier alpha value is -1.35. The fourth-order valence-electron chi connectivity index (χ4n) is 1.33. The molecule has 1 heterocycles. The molecule has 0 radical (unpaired) electrons. The Bertz CT molecular complexity index is 648. The first-order valence-corrected chi connectivity index (χ1v) is 6.91. The number of carbonyl (C=O) groups is 1. The van der Waals surface area contributed by atoms with Crippen molar-refractivity contribution in [2.45, 2.75) is 0 Å². The quantitative estimate of drug-likeness (QED) is 0.886. The lowest BCUT2D eigenvalue weighted by Crippen LogP contribution is -2.11. The molecule has 0 aliphatic rings. The maximum absolute atomic E-state index is 12.0. The Morgan fingerprint density at radius 1 is 1.44 bits per heavy atom. The Morgan fingerprint density at radius 3 is 2.83 bits per heavy atom. The van der Waals surface area contributed by atoms with Crippen molar-refractivity contribution in [1.82, 2.24) is 0 Å². The molecule has 0 spiro atoms. The maximum Gasteiger partial charge on any atom is 0.266 e. The van der Waals surface area contributed by atoms with Crippen LogP contribution in [0.1, 0.15) is 15.2 Å². The molecule has 90 valence electrons. The van der Waals surface area contributed by atoms with Crippen molar-refractivity contribution in [3.63, 3.8) is 0 Å². The minimum atomic E-state index is -0.256. The van der Waals surface area contributed by atoms with Crippen LogP contribution in [0.15, 0.2) is 34.1 Å². The molecule has 2 aromatic rings. The third kappa shape index (κ3) is 2.72. The number of nitriles is 1. The van der Waals surface area contributed by atoms with E-state index in [0.29, 0.717) is 21.2 Å². The average molecular weight is 342 g/mol. The van der Waals surface area contributed by atoms with Crippen LogP contribution < -0.4 is 5.32 Å². The van der Waals surface area contributed by atoms with Crippen LogP contribution in [-0.4, -0.2) is 5.91 Å². The van der Waals surface area contributed by atoms with Crippen molar-refractivity contribution < 1.29 is 4.79 Å². The molecule has 6 heteroatoms.